The molecular weight excluding hydrogens is 638 g/mol. The average molecular weight is 672 g/mol. The molecule has 0 saturated heterocycles. The summed E-state index contributed by atoms with van der Waals surface area (Å²) in [5.74, 6) is 1.67. The van der Waals surface area contributed by atoms with Crippen LogP contribution in [0.2, 0.25) is 0 Å². The molecule has 246 valence electrons. The van der Waals surface area contributed by atoms with E-state index in [2.05, 4.69) is 139 Å². The zero-order valence-electron chi connectivity index (χ0n) is 27.0. The topological polar surface area (TPSA) is 120 Å². The summed E-state index contributed by atoms with van der Waals surface area (Å²) in [6, 6.07) is 40.0. The number of ether oxygens (including phenoxy) is 1. The first-order valence-corrected chi connectivity index (χ1v) is 16.9. The summed E-state index contributed by atoms with van der Waals surface area (Å²) < 4.78 is 42.6. The Morgan fingerprint density at radius 1 is 0.633 bits per heavy atom. The predicted molar refractivity (Wildman–Crippen MR) is 182 cm³/mol. The Hall–Kier alpha value is -5.35. The molecule has 0 N–H and O–H groups in total. The monoisotopic (exact) mass is 671 g/mol. The second-order valence-corrected chi connectivity index (χ2v) is 12.5. The van der Waals surface area contributed by atoms with E-state index in [0.717, 1.165) is 57.2 Å². The van der Waals surface area contributed by atoms with E-state index in [9.17, 15) is 0 Å². The van der Waals surface area contributed by atoms with Crippen LogP contribution in [-0.4, -0.2) is 30.2 Å². The highest BCUT2D eigenvalue weighted by Crippen LogP contribution is 2.35. The van der Waals surface area contributed by atoms with E-state index in [0.29, 0.717) is 0 Å². The van der Waals surface area contributed by atoms with Crippen LogP contribution in [0.3, 0.4) is 0 Å². The Morgan fingerprint density at radius 3 is 1.61 bits per heavy atom. The van der Waals surface area contributed by atoms with Crippen LogP contribution in [0.4, 0.5) is 5.69 Å². The molecule has 2 heterocycles. The van der Waals surface area contributed by atoms with Gasteiger partial charge in [-0.15, -0.1) is 10.2 Å². The van der Waals surface area contributed by atoms with E-state index in [1.165, 1.54) is 11.3 Å². The average Bonchev–Trinajstić information content (AvgIpc) is 3.58. The van der Waals surface area contributed by atoms with E-state index in [-0.39, 0.29) is 6.04 Å². The molecule has 0 saturated carbocycles. The van der Waals surface area contributed by atoms with Crippen molar-refractivity contribution in [2.45, 2.75) is 12.5 Å². The van der Waals surface area contributed by atoms with E-state index in [1.54, 1.807) is 0 Å². The molecule has 0 radical (unpaired) electrons. The highest BCUT2D eigenvalue weighted by atomic mass is 35.7. The molecule has 0 spiro atoms. The first-order valence-electron chi connectivity index (χ1n) is 15.6. The molecule has 9 heteroatoms. The maximum Gasteiger partial charge on any atom is 0.232 e. The molecule has 1 atom stereocenters. The molecule has 2 aliphatic heterocycles. The molecule has 4 aromatic rings. The van der Waals surface area contributed by atoms with Gasteiger partial charge in [-0.2, -0.15) is 0 Å². The smallest absolute Gasteiger partial charge is 0.232 e. The van der Waals surface area contributed by atoms with Gasteiger partial charge in [-0.3, -0.25) is 0 Å². The highest BCUT2D eigenvalue weighted by molar-refractivity contribution is 6.05. The summed E-state index contributed by atoms with van der Waals surface area (Å²) in [5.41, 5.74) is 10.1. The summed E-state index contributed by atoms with van der Waals surface area (Å²) in [6.07, 6.45) is 13.8. The number of rotatable bonds is 5. The van der Waals surface area contributed by atoms with E-state index >= 15 is 0 Å². The minimum absolute atomic E-state index is 0.121. The molecule has 0 fully saturated rings. The number of hydrazone groups is 1. The molecule has 7 rings (SSSR count). The third-order valence-corrected chi connectivity index (χ3v) is 8.19. The van der Waals surface area contributed by atoms with Gasteiger partial charge in [-0.1, -0.05) is 108 Å². The molecule has 0 bridgehead atoms. The Morgan fingerprint density at radius 2 is 1.12 bits per heavy atom. The van der Waals surface area contributed by atoms with Gasteiger partial charge in [0.1, 0.15) is 17.2 Å². The van der Waals surface area contributed by atoms with Crippen molar-refractivity contribution in [3.8, 4) is 0 Å². The van der Waals surface area contributed by atoms with Gasteiger partial charge in [0, 0.05) is 54.2 Å². The molecular formula is C40H34ClN3O5. The second-order valence-electron chi connectivity index (χ2n) is 11.7. The lowest BCUT2D eigenvalue weighted by atomic mass is 9.96. The van der Waals surface area contributed by atoms with Gasteiger partial charge in [0.2, 0.25) is 11.8 Å². The van der Waals surface area contributed by atoms with E-state index in [4.69, 9.17) is 28.5 Å². The molecule has 0 amide bonds. The zero-order valence-corrected chi connectivity index (χ0v) is 27.7. The minimum atomic E-state index is -4.94. The molecule has 4 aromatic carbocycles. The van der Waals surface area contributed by atoms with E-state index in [1.807, 2.05) is 36.4 Å². The predicted octanol–water partition coefficient (Wildman–Crippen LogP) is 3.83. The largest absolute Gasteiger partial charge is 0.456 e. The number of anilines is 1. The van der Waals surface area contributed by atoms with Crippen molar-refractivity contribution in [3.05, 3.63) is 185 Å². The highest BCUT2D eigenvalue weighted by Gasteiger charge is 2.36. The van der Waals surface area contributed by atoms with Crippen molar-refractivity contribution in [1.82, 2.24) is 0 Å². The lowest BCUT2D eigenvalue weighted by molar-refractivity contribution is -2.00. The number of benzene rings is 4. The number of halogens is 1. The Bertz CT molecular complexity index is 1930. The number of hydrogen-bond acceptors (Lipinski definition) is 7. The van der Waals surface area contributed by atoms with Gasteiger partial charge in [0.15, 0.2) is 0 Å². The van der Waals surface area contributed by atoms with Crippen LogP contribution in [0.1, 0.15) is 34.7 Å². The number of hydrogen-bond donors (Lipinski definition) is 0. The first-order chi connectivity index (χ1) is 23.6. The summed E-state index contributed by atoms with van der Waals surface area (Å²) in [4.78, 5) is 2.12. The fourth-order valence-electron chi connectivity index (χ4n) is 5.77. The summed E-state index contributed by atoms with van der Waals surface area (Å²) in [5, 5.41) is 5.19. The van der Waals surface area contributed by atoms with Crippen LogP contribution in [0, 0.1) is 10.2 Å². The van der Waals surface area contributed by atoms with E-state index < -0.39 is 10.2 Å². The van der Waals surface area contributed by atoms with Crippen molar-refractivity contribution in [1.29, 1.82) is 0 Å². The maximum atomic E-state index is 8.49. The molecule has 3 aliphatic rings. The third kappa shape index (κ3) is 8.58. The van der Waals surface area contributed by atoms with Gasteiger partial charge in [0.25, 0.3) is 0 Å². The molecule has 0 aromatic heterocycles. The fraction of sp³-hybridized carbons (Fsp3) is 0.100. The summed E-state index contributed by atoms with van der Waals surface area (Å²) in [7, 11) is -0.817. The van der Waals surface area contributed by atoms with Crippen molar-refractivity contribution in [2.75, 3.05) is 19.0 Å². The quantitative estimate of drug-likeness (QED) is 0.298. The standard InChI is InChI=1S/C40H34N3O.ClHO4/c1-42(2)35-22-20-30(21-23-35)37-28-38(31-12-6-3-7-13-31)43(41-37)36-24-18-29(19-25-36)34-26-39(32-14-8-4-9-15-32)44-40(27-34)33-16-10-5-11-17-33;2-1(3,4)5/h3-27,38H,28H2,1-2H3;(H,2,3,4,5)/q+1;/p-1. The summed E-state index contributed by atoms with van der Waals surface area (Å²) in [6.45, 7) is 0. The van der Waals surface area contributed by atoms with Gasteiger partial charge in [-0.25, -0.2) is 18.6 Å². The summed E-state index contributed by atoms with van der Waals surface area (Å²) >= 11 is 0. The van der Waals surface area contributed by atoms with Gasteiger partial charge in [0.05, 0.1) is 6.42 Å². The molecule has 8 nitrogen and oxygen atoms in total. The van der Waals surface area contributed by atoms with Gasteiger partial charge >= 0.3 is 0 Å². The third-order valence-electron chi connectivity index (χ3n) is 8.19. The lowest BCUT2D eigenvalue weighted by Gasteiger charge is -2.20. The van der Waals surface area contributed by atoms with Gasteiger partial charge < -0.3 is 9.64 Å². The second kappa shape index (κ2) is 14.8. The fourth-order valence-corrected chi connectivity index (χ4v) is 5.77. The zero-order chi connectivity index (χ0) is 34.4. The SMILES string of the molecule is CN(C)c1ccc(C2=N[N+](=C3C=CC(=C4C=C(c5ccccc5)OC(c5ccccc5)=C4)C=C3)C(c3ccccc3)C2)cc1.[O-][Cl+3]([O-])([O-])[O-]. The van der Waals surface area contributed by atoms with Crippen molar-refractivity contribution < 1.29 is 38.3 Å². The van der Waals surface area contributed by atoms with Gasteiger partial charge in [-0.05, 0) is 52.7 Å². The van der Waals surface area contributed by atoms with Crippen LogP contribution in [0.15, 0.2) is 168 Å². The van der Waals surface area contributed by atoms with Crippen LogP contribution >= 0.6 is 0 Å². The van der Waals surface area contributed by atoms with Crippen LogP contribution in [0.5, 0.6) is 0 Å². The Labute approximate surface area is 287 Å². The van der Waals surface area contributed by atoms with Crippen LogP contribution < -0.4 is 23.5 Å². The van der Waals surface area contributed by atoms with Crippen molar-refractivity contribution in [2.24, 2.45) is 5.10 Å². The van der Waals surface area contributed by atoms with Crippen molar-refractivity contribution in [3.63, 3.8) is 0 Å². The van der Waals surface area contributed by atoms with Crippen molar-refractivity contribution >= 4 is 28.6 Å². The Balaban J connectivity index is 0.000000778. The minimum Gasteiger partial charge on any atom is -0.456 e. The van der Waals surface area contributed by atoms with Crippen LogP contribution in [-0.2, 0) is 4.74 Å². The molecule has 1 unspecified atom stereocenters. The maximum absolute atomic E-state index is 8.49. The normalized spacial score (nSPS) is 17.1. The first kappa shape index (κ1) is 33.5. The molecule has 49 heavy (non-hydrogen) atoms. The Kier molecular flexibility index (Phi) is 10.1. The number of nitrogens with zero attached hydrogens (tertiary/aromatic N) is 3. The molecule has 1 aliphatic carbocycles. The number of allylic oxidation sites excluding steroid dienone is 8. The van der Waals surface area contributed by atoms with Crippen LogP contribution in [0.25, 0.3) is 11.5 Å². The lowest BCUT2D eigenvalue weighted by Crippen LogP contribution is -2.68.